The number of methoxy groups -OCH3 is 1. The van der Waals surface area contributed by atoms with E-state index in [9.17, 15) is 27.6 Å². The van der Waals surface area contributed by atoms with E-state index in [-0.39, 0.29) is 25.3 Å². The predicted octanol–water partition coefficient (Wildman–Crippen LogP) is 2.51. The summed E-state index contributed by atoms with van der Waals surface area (Å²) in [5.41, 5.74) is -3.26. The maximum Gasteiger partial charge on any atom is 0.408 e. The lowest BCUT2D eigenvalue weighted by atomic mass is 9.85. The number of amides is 4. The average Bonchev–Trinajstić information content (AvgIpc) is 3.56. The number of ether oxygens (including phenoxy) is 3. The van der Waals surface area contributed by atoms with Crippen LogP contribution in [0.2, 0.25) is 0 Å². The molecule has 1 saturated heterocycles. The third kappa shape index (κ3) is 8.46. The molecule has 2 aliphatic rings. The molecule has 15 nitrogen and oxygen atoms in total. The molecule has 1 aliphatic carbocycles. The zero-order valence-corrected chi connectivity index (χ0v) is 30.8. The first-order chi connectivity index (χ1) is 23.1. The van der Waals surface area contributed by atoms with E-state index in [0.717, 1.165) is 9.69 Å². The van der Waals surface area contributed by atoms with Gasteiger partial charge in [-0.1, -0.05) is 26.8 Å². The largest absolute Gasteiger partial charge is 0.497 e. The van der Waals surface area contributed by atoms with Crippen LogP contribution >= 0.6 is 0 Å². The van der Waals surface area contributed by atoms with Crippen molar-refractivity contribution < 1.29 is 41.8 Å². The first-order valence-electron chi connectivity index (χ1n) is 16.2. The van der Waals surface area contributed by atoms with Crippen molar-refractivity contribution in [2.24, 2.45) is 11.3 Å². The van der Waals surface area contributed by atoms with Crippen molar-refractivity contribution in [3.8, 4) is 11.6 Å². The van der Waals surface area contributed by atoms with Crippen LogP contribution in [0.25, 0.3) is 10.8 Å². The van der Waals surface area contributed by atoms with Gasteiger partial charge in [-0.15, -0.1) is 6.58 Å². The SMILES string of the molecule is C=CC1C[C@]1(NC(=O)[C@@H]1C[C@@H](Oc2nccc3cc(OC)ccc23)CN1C(=O)[C@@H](NC(=O)OC(C)(C)C)C(C)(C)C)C(=O)NS(=O)(=O)N(C)C. The molecule has 0 spiro atoms. The number of hydrogen-bond donors (Lipinski definition) is 3. The molecule has 1 aromatic carbocycles. The second-order valence-corrected chi connectivity index (χ2v) is 16.7. The van der Waals surface area contributed by atoms with Crippen molar-refractivity contribution in [1.29, 1.82) is 0 Å². The molecule has 1 saturated carbocycles. The van der Waals surface area contributed by atoms with Crippen molar-refractivity contribution in [2.75, 3.05) is 27.7 Å². The lowest BCUT2D eigenvalue weighted by Gasteiger charge is -2.36. The summed E-state index contributed by atoms with van der Waals surface area (Å²) in [7, 11) is -0.0856. The molecule has 274 valence electrons. The molecular weight excluding hydrogens is 668 g/mol. The fourth-order valence-electron chi connectivity index (χ4n) is 5.76. The smallest absolute Gasteiger partial charge is 0.408 e. The number of aromatic nitrogens is 1. The van der Waals surface area contributed by atoms with Crippen LogP contribution < -0.4 is 24.8 Å². The van der Waals surface area contributed by atoms with Gasteiger partial charge in [-0.3, -0.25) is 14.4 Å². The lowest BCUT2D eigenvalue weighted by molar-refractivity contribution is -0.143. The maximum atomic E-state index is 14.4. The van der Waals surface area contributed by atoms with Gasteiger partial charge >= 0.3 is 16.3 Å². The average molecular weight is 717 g/mol. The second-order valence-electron chi connectivity index (χ2n) is 14.9. The van der Waals surface area contributed by atoms with Crippen LogP contribution in [0, 0.1) is 11.3 Å². The molecule has 2 heterocycles. The number of nitrogens with one attached hydrogen (secondary N) is 3. The summed E-state index contributed by atoms with van der Waals surface area (Å²) in [6.45, 7) is 14.1. The monoisotopic (exact) mass is 716 g/mol. The summed E-state index contributed by atoms with van der Waals surface area (Å²) in [6, 6.07) is 4.89. The zero-order valence-electron chi connectivity index (χ0n) is 30.0. The number of fused-ring (bicyclic) bond motifs is 1. The molecule has 3 N–H and O–H groups in total. The first kappa shape index (κ1) is 38.4. The highest BCUT2D eigenvalue weighted by atomic mass is 32.2. The van der Waals surface area contributed by atoms with E-state index >= 15 is 0 Å². The van der Waals surface area contributed by atoms with Crippen molar-refractivity contribution in [2.45, 2.75) is 83.7 Å². The quantitative estimate of drug-likeness (QED) is 0.292. The Morgan fingerprint density at radius 1 is 1.12 bits per heavy atom. The Morgan fingerprint density at radius 2 is 1.80 bits per heavy atom. The Kier molecular flexibility index (Phi) is 10.8. The van der Waals surface area contributed by atoms with E-state index in [4.69, 9.17) is 14.2 Å². The molecule has 1 aliphatic heterocycles. The van der Waals surface area contributed by atoms with E-state index in [0.29, 0.717) is 11.1 Å². The number of likely N-dealkylation sites (tertiary alicyclic amines) is 1. The van der Waals surface area contributed by atoms with E-state index in [1.165, 1.54) is 25.1 Å². The molecule has 0 radical (unpaired) electrons. The van der Waals surface area contributed by atoms with Crippen LogP contribution in [0.15, 0.2) is 43.1 Å². The van der Waals surface area contributed by atoms with Gasteiger partial charge in [0.1, 0.15) is 35.1 Å². The fourth-order valence-corrected chi connectivity index (χ4v) is 6.36. The molecule has 4 amide bonds. The van der Waals surface area contributed by atoms with Gasteiger partial charge in [0, 0.05) is 38.0 Å². The van der Waals surface area contributed by atoms with Gasteiger partial charge in [0.05, 0.1) is 13.7 Å². The molecular formula is C34H48N6O9S. The second kappa shape index (κ2) is 14.1. The van der Waals surface area contributed by atoms with Gasteiger partial charge < -0.3 is 29.7 Å². The summed E-state index contributed by atoms with van der Waals surface area (Å²) in [5, 5.41) is 6.90. The molecule has 1 aromatic heterocycles. The van der Waals surface area contributed by atoms with Gasteiger partial charge in [0.25, 0.3) is 5.91 Å². The third-order valence-corrected chi connectivity index (χ3v) is 9.99. The number of pyridine rings is 1. The third-order valence-electron chi connectivity index (χ3n) is 8.59. The van der Waals surface area contributed by atoms with Gasteiger partial charge in [0.2, 0.25) is 17.7 Å². The van der Waals surface area contributed by atoms with Crippen molar-refractivity contribution in [3.05, 3.63) is 43.1 Å². The predicted molar refractivity (Wildman–Crippen MR) is 185 cm³/mol. The van der Waals surface area contributed by atoms with Gasteiger partial charge in [0.15, 0.2) is 0 Å². The highest BCUT2D eigenvalue weighted by Gasteiger charge is 2.61. The minimum atomic E-state index is -4.17. The number of carbonyl (C=O) groups is 4. The summed E-state index contributed by atoms with van der Waals surface area (Å²) in [4.78, 5) is 60.6. The van der Waals surface area contributed by atoms with Crippen molar-refractivity contribution >= 4 is 44.8 Å². The Balaban J connectivity index is 1.68. The first-order valence-corrected chi connectivity index (χ1v) is 17.6. The molecule has 50 heavy (non-hydrogen) atoms. The van der Waals surface area contributed by atoms with E-state index in [2.05, 4.69) is 22.2 Å². The van der Waals surface area contributed by atoms with Gasteiger partial charge in [-0.25, -0.2) is 14.5 Å². The molecule has 0 bridgehead atoms. The molecule has 4 rings (SSSR count). The van der Waals surface area contributed by atoms with E-state index in [1.807, 2.05) is 10.8 Å². The van der Waals surface area contributed by atoms with Crippen LogP contribution in [0.5, 0.6) is 11.6 Å². The number of carbonyl (C=O) groups excluding carboxylic acids is 4. The zero-order chi connectivity index (χ0) is 37.4. The highest BCUT2D eigenvalue weighted by Crippen LogP contribution is 2.45. The molecule has 16 heteroatoms. The van der Waals surface area contributed by atoms with Crippen LogP contribution in [0.3, 0.4) is 0 Å². The van der Waals surface area contributed by atoms with E-state index in [1.54, 1.807) is 73.0 Å². The highest BCUT2D eigenvalue weighted by molar-refractivity contribution is 7.87. The number of nitrogens with zero attached hydrogens (tertiary/aromatic N) is 3. The normalized spacial score (nSPS) is 22.8. The van der Waals surface area contributed by atoms with Crippen LogP contribution in [-0.2, 0) is 29.3 Å². The number of benzene rings is 1. The topological polar surface area (TPSA) is 186 Å². The maximum absolute atomic E-state index is 14.4. The standard InChI is InChI=1S/C34H48N6O9S/c1-11-21-18-34(21,30(43)38-50(45,46)39(8)9)37-27(41)25-17-23(48-28-24-13-12-22(47-10)16-20(24)14-15-35-28)19-40(25)29(42)26(32(2,3)4)36-31(44)49-33(5,6)7/h11-16,21,23,25-26H,1,17-19H2,2-10H3,(H,36,44)(H,37,41)(H,38,43)/t21?,23-,25+,26-,34-/m1/s1. The van der Waals surface area contributed by atoms with Crippen LogP contribution in [0.1, 0.15) is 54.4 Å². The molecule has 5 atom stereocenters. The number of hydrogen-bond acceptors (Lipinski definition) is 10. The molecule has 2 aromatic rings. The summed E-state index contributed by atoms with van der Waals surface area (Å²) >= 11 is 0. The fraction of sp³-hybridized carbons (Fsp3) is 0.559. The van der Waals surface area contributed by atoms with E-state index < -0.39 is 74.7 Å². The minimum Gasteiger partial charge on any atom is -0.497 e. The van der Waals surface area contributed by atoms with Crippen molar-refractivity contribution in [3.63, 3.8) is 0 Å². The van der Waals surface area contributed by atoms with Gasteiger partial charge in [-0.05, 0) is 62.3 Å². The Bertz CT molecular complexity index is 1770. The Labute approximate surface area is 293 Å². The number of alkyl carbamates (subject to hydrolysis) is 1. The van der Waals surface area contributed by atoms with Crippen molar-refractivity contribution in [1.82, 2.24) is 29.5 Å². The van der Waals surface area contributed by atoms with Crippen LogP contribution in [-0.4, -0.2) is 103 Å². The molecule has 2 fully saturated rings. The Hall–Kier alpha value is -4.44. The Morgan fingerprint density at radius 3 is 2.36 bits per heavy atom. The van der Waals surface area contributed by atoms with Gasteiger partial charge in [-0.2, -0.15) is 12.7 Å². The molecule has 1 unspecified atom stereocenters. The summed E-state index contributed by atoms with van der Waals surface area (Å²) in [5.74, 6) is -1.84. The van der Waals surface area contributed by atoms with Crippen LogP contribution in [0.4, 0.5) is 4.79 Å². The lowest BCUT2D eigenvalue weighted by Crippen LogP contribution is -2.60. The number of rotatable bonds is 11. The summed E-state index contributed by atoms with van der Waals surface area (Å²) in [6.07, 6.45) is 1.61. The minimum absolute atomic E-state index is 0.00154. The summed E-state index contributed by atoms with van der Waals surface area (Å²) < 4.78 is 45.0.